The highest BCUT2D eigenvalue weighted by Gasteiger charge is 2.21. The van der Waals surface area contributed by atoms with Crippen molar-refractivity contribution in [2.75, 3.05) is 41.7 Å². The SMILES string of the molecule is Nc1ccc(N2CCN(c3cccc(O)c3)CC2)c(C(=O)O)c1. The second-order valence-corrected chi connectivity index (χ2v) is 5.58. The smallest absolute Gasteiger partial charge is 0.337 e. The highest BCUT2D eigenvalue weighted by molar-refractivity contribution is 5.95. The highest BCUT2D eigenvalue weighted by Crippen LogP contribution is 2.26. The van der Waals surface area contributed by atoms with E-state index in [2.05, 4.69) is 9.80 Å². The van der Waals surface area contributed by atoms with Gasteiger partial charge in [0.2, 0.25) is 0 Å². The summed E-state index contributed by atoms with van der Waals surface area (Å²) in [5.41, 5.74) is 8.04. The predicted octanol–water partition coefficient (Wildman–Crippen LogP) is 2.00. The Morgan fingerprint density at radius 3 is 2.35 bits per heavy atom. The molecule has 0 bridgehead atoms. The van der Waals surface area contributed by atoms with Gasteiger partial charge >= 0.3 is 5.97 Å². The summed E-state index contributed by atoms with van der Waals surface area (Å²) in [5, 5.41) is 18.9. The van der Waals surface area contributed by atoms with Gasteiger partial charge in [-0.1, -0.05) is 6.07 Å². The topological polar surface area (TPSA) is 90.0 Å². The van der Waals surface area contributed by atoms with Crippen molar-refractivity contribution in [3.05, 3.63) is 48.0 Å². The molecule has 0 aromatic heterocycles. The van der Waals surface area contributed by atoms with Crippen LogP contribution in [0.2, 0.25) is 0 Å². The third-order valence-corrected chi connectivity index (χ3v) is 4.07. The van der Waals surface area contributed by atoms with Gasteiger partial charge in [0.1, 0.15) is 5.75 Å². The molecule has 0 saturated carbocycles. The van der Waals surface area contributed by atoms with Crippen LogP contribution in [0.15, 0.2) is 42.5 Å². The third-order valence-electron chi connectivity index (χ3n) is 4.07. The van der Waals surface area contributed by atoms with Crippen molar-refractivity contribution >= 4 is 23.0 Å². The first kappa shape index (κ1) is 15.0. The van der Waals surface area contributed by atoms with Crippen LogP contribution in [0.3, 0.4) is 0 Å². The zero-order valence-electron chi connectivity index (χ0n) is 12.6. The minimum Gasteiger partial charge on any atom is -0.508 e. The zero-order valence-corrected chi connectivity index (χ0v) is 12.6. The van der Waals surface area contributed by atoms with Gasteiger partial charge in [-0.15, -0.1) is 0 Å². The first-order valence-electron chi connectivity index (χ1n) is 7.46. The van der Waals surface area contributed by atoms with Crippen molar-refractivity contribution in [1.82, 2.24) is 0 Å². The van der Waals surface area contributed by atoms with E-state index < -0.39 is 5.97 Å². The van der Waals surface area contributed by atoms with Crippen molar-refractivity contribution in [2.24, 2.45) is 0 Å². The molecule has 1 aliphatic heterocycles. The van der Waals surface area contributed by atoms with Crippen LogP contribution in [0, 0.1) is 0 Å². The molecule has 0 aliphatic carbocycles. The first-order chi connectivity index (χ1) is 11.0. The number of benzene rings is 2. The van der Waals surface area contributed by atoms with Crippen molar-refractivity contribution in [3.63, 3.8) is 0 Å². The van der Waals surface area contributed by atoms with Crippen LogP contribution >= 0.6 is 0 Å². The van der Waals surface area contributed by atoms with Crippen molar-refractivity contribution in [2.45, 2.75) is 0 Å². The Kier molecular flexibility index (Phi) is 3.97. The number of carboxylic acids is 1. The van der Waals surface area contributed by atoms with Gasteiger partial charge in [-0.3, -0.25) is 0 Å². The summed E-state index contributed by atoms with van der Waals surface area (Å²) in [7, 11) is 0. The standard InChI is InChI=1S/C17H19N3O3/c18-12-4-5-16(15(10-12)17(22)23)20-8-6-19(7-9-20)13-2-1-3-14(21)11-13/h1-5,10-11,21H,6-9,18H2,(H,22,23). The fourth-order valence-electron chi connectivity index (χ4n) is 2.90. The quantitative estimate of drug-likeness (QED) is 0.751. The summed E-state index contributed by atoms with van der Waals surface area (Å²) < 4.78 is 0. The Hall–Kier alpha value is -2.89. The van der Waals surface area contributed by atoms with Gasteiger partial charge in [0.05, 0.1) is 11.3 Å². The molecule has 1 aliphatic rings. The number of phenolic OH excluding ortho intramolecular Hbond substituents is 1. The molecule has 0 atom stereocenters. The Morgan fingerprint density at radius 1 is 1.00 bits per heavy atom. The van der Waals surface area contributed by atoms with Crippen LogP contribution in [-0.4, -0.2) is 42.4 Å². The number of hydrogen-bond donors (Lipinski definition) is 3. The lowest BCUT2D eigenvalue weighted by Gasteiger charge is -2.38. The van der Waals surface area contributed by atoms with Crippen molar-refractivity contribution in [3.8, 4) is 5.75 Å². The Balaban J connectivity index is 1.76. The number of rotatable bonds is 3. The first-order valence-corrected chi connectivity index (χ1v) is 7.46. The van der Waals surface area contributed by atoms with Gasteiger partial charge in [-0.25, -0.2) is 4.79 Å². The van der Waals surface area contributed by atoms with E-state index in [4.69, 9.17) is 5.73 Å². The third kappa shape index (κ3) is 3.15. The van der Waals surface area contributed by atoms with E-state index in [1.54, 1.807) is 24.3 Å². The van der Waals surface area contributed by atoms with Gasteiger partial charge < -0.3 is 25.7 Å². The van der Waals surface area contributed by atoms with Crippen LogP contribution in [0.4, 0.5) is 17.1 Å². The average Bonchev–Trinajstić information content (AvgIpc) is 2.55. The number of piperazine rings is 1. The van der Waals surface area contributed by atoms with Crippen LogP contribution in [0.1, 0.15) is 10.4 Å². The maximum absolute atomic E-state index is 11.4. The molecule has 0 amide bonds. The molecule has 0 radical (unpaired) electrons. The average molecular weight is 313 g/mol. The van der Waals surface area contributed by atoms with Crippen LogP contribution in [0.25, 0.3) is 0 Å². The Bertz CT molecular complexity index is 725. The van der Waals surface area contributed by atoms with Gasteiger partial charge in [0.15, 0.2) is 0 Å². The lowest BCUT2D eigenvalue weighted by molar-refractivity contribution is 0.0697. The van der Waals surface area contributed by atoms with Crippen LogP contribution in [0.5, 0.6) is 5.75 Å². The molecule has 0 spiro atoms. The number of anilines is 3. The fourth-order valence-corrected chi connectivity index (χ4v) is 2.90. The second-order valence-electron chi connectivity index (χ2n) is 5.58. The van der Waals surface area contributed by atoms with Gasteiger partial charge in [0.25, 0.3) is 0 Å². The summed E-state index contributed by atoms with van der Waals surface area (Å²) in [6, 6.07) is 12.2. The molecule has 2 aromatic rings. The summed E-state index contributed by atoms with van der Waals surface area (Å²) in [4.78, 5) is 15.7. The van der Waals surface area contributed by atoms with E-state index in [-0.39, 0.29) is 11.3 Å². The summed E-state index contributed by atoms with van der Waals surface area (Å²) in [5.74, 6) is -0.723. The van der Waals surface area contributed by atoms with Gasteiger partial charge in [-0.05, 0) is 30.3 Å². The van der Waals surface area contributed by atoms with Gasteiger partial charge in [0, 0.05) is 43.6 Å². The maximum Gasteiger partial charge on any atom is 0.337 e. The van der Waals surface area contributed by atoms with E-state index in [0.717, 1.165) is 18.8 Å². The van der Waals surface area contributed by atoms with E-state index in [1.807, 2.05) is 12.1 Å². The summed E-state index contributed by atoms with van der Waals surface area (Å²) in [6.45, 7) is 2.93. The number of aromatic carboxylic acids is 1. The molecule has 0 unspecified atom stereocenters. The molecule has 4 N–H and O–H groups in total. The normalized spacial score (nSPS) is 14.8. The number of carbonyl (C=O) groups is 1. The number of nitrogen functional groups attached to an aromatic ring is 1. The number of hydrogen-bond acceptors (Lipinski definition) is 5. The molecule has 23 heavy (non-hydrogen) atoms. The number of carboxylic acid groups (broad SMARTS) is 1. The number of aromatic hydroxyl groups is 1. The second kappa shape index (κ2) is 6.08. The minimum absolute atomic E-state index is 0.232. The molecule has 1 heterocycles. The number of phenols is 1. The molecule has 2 aromatic carbocycles. The highest BCUT2D eigenvalue weighted by atomic mass is 16.4. The largest absolute Gasteiger partial charge is 0.508 e. The molecule has 6 nitrogen and oxygen atoms in total. The van der Waals surface area contributed by atoms with Crippen LogP contribution in [-0.2, 0) is 0 Å². The number of nitrogens with zero attached hydrogens (tertiary/aromatic N) is 2. The van der Waals surface area contributed by atoms with Crippen molar-refractivity contribution in [1.29, 1.82) is 0 Å². The summed E-state index contributed by atoms with van der Waals surface area (Å²) >= 11 is 0. The van der Waals surface area contributed by atoms with Crippen LogP contribution < -0.4 is 15.5 Å². The predicted molar refractivity (Wildman–Crippen MR) is 90.3 cm³/mol. The van der Waals surface area contributed by atoms with E-state index >= 15 is 0 Å². The molecule has 1 fully saturated rings. The lowest BCUT2D eigenvalue weighted by Crippen LogP contribution is -2.47. The summed E-state index contributed by atoms with van der Waals surface area (Å²) in [6.07, 6.45) is 0. The van der Waals surface area contributed by atoms with E-state index in [1.165, 1.54) is 6.07 Å². The molecule has 6 heteroatoms. The molecular formula is C17H19N3O3. The zero-order chi connectivity index (χ0) is 16.4. The number of nitrogens with two attached hydrogens (primary N) is 1. The molecular weight excluding hydrogens is 294 g/mol. The van der Waals surface area contributed by atoms with E-state index in [9.17, 15) is 15.0 Å². The Labute approximate surface area is 134 Å². The lowest BCUT2D eigenvalue weighted by atomic mass is 10.1. The van der Waals surface area contributed by atoms with E-state index in [0.29, 0.717) is 24.5 Å². The Morgan fingerprint density at radius 2 is 1.70 bits per heavy atom. The minimum atomic E-state index is -0.970. The molecule has 3 rings (SSSR count). The monoisotopic (exact) mass is 313 g/mol. The molecule has 120 valence electrons. The molecule has 1 saturated heterocycles. The maximum atomic E-state index is 11.4. The fraction of sp³-hybridized carbons (Fsp3) is 0.235. The van der Waals surface area contributed by atoms with Gasteiger partial charge in [-0.2, -0.15) is 0 Å². The van der Waals surface area contributed by atoms with Crippen molar-refractivity contribution < 1.29 is 15.0 Å².